The molecule has 0 radical (unpaired) electrons. The van der Waals surface area contributed by atoms with E-state index in [1.54, 1.807) is 0 Å². The summed E-state index contributed by atoms with van der Waals surface area (Å²) in [5, 5.41) is 2.12. The molecule has 0 aromatic heterocycles. The Bertz CT molecular complexity index is 1440. The number of amides is 1. The Balaban J connectivity index is 1.39. The minimum Gasteiger partial charge on any atom is -0.370 e. The van der Waals surface area contributed by atoms with Crippen molar-refractivity contribution in [3.8, 4) is 0 Å². The number of carbonyl (C=O) groups excluding carboxylic acids is 1. The molecule has 1 amide bonds. The number of fused-ring (bicyclic) bond motifs is 1. The standard InChI is InChI=1S/C36H43N2O2/c1-27-19-28(2)22-31(21-27)25-37(36(39)35-12-7-10-33-9-5-6-11-34(33)35)13-8-14-38(15-17-40-18-16-38)26-32-23-29(3)20-30(4)24-32/h5-7,9-12,19-24H,8,13-18,25-26H2,1-4H3/q+1. The lowest BCUT2D eigenvalue weighted by Crippen LogP contribution is -2.55. The van der Waals surface area contributed by atoms with Gasteiger partial charge in [0.25, 0.3) is 5.91 Å². The van der Waals surface area contributed by atoms with Gasteiger partial charge in [-0.05, 0) is 50.1 Å². The zero-order chi connectivity index (χ0) is 28.1. The van der Waals surface area contributed by atoms with Gasteiger partial charge in [0.2, 0.25) is 0 Å². The van der Waals surface area contributed by atoms with Gasteiger partial charge in [-0.1, -0.05) is 95.1 Å². The lowest BCUT2D eigenvalue weighted by Gasteiger charge is -2.42. The van der Waals surface area contributed by atoms with E-state index < -0.39 is 0 Å². The Morgan fingerprint density at radius 3 is 2.05 bits per heavy atom. The van der Waals surface area contributed by atoms with Crippen LogP contribution in [0.2, 0.25) is 0 Å². The fraction of sp³-hybridized carbons (Fsp3) is 0.361. The molecule has 1 fully saturated rings. The van der Waals surface area contributed by atoms with Gasteiger partial charge in [-0.2, -0.15) is 0 Å². The molecule has 0 N–H and O–H groups in total. The van der Waals surface area contributed by atoms with Crippen molar-refractivity contribution in [2.45, 2.75) is 47.2 Å². The van der Waals surface area contributed by atoms with Gasteiger partial charge < -0.3 is 14.1 Å². The van der Waals surface area contributed by atoms with Gasteiger partial charge >= 0.3 is 0 Å². The summed E-state index contributed by atoms with van der Waals surface area (Å²) in [5.74, 6) is 0.110. The molecule has 1 aliphatic heterocycles. The van der Waals surface area contributed by atoms with Crippen LogP contribution in [0.3, 0.4) is 0 Å². The number of ether oxygens (including phenoxy) is 1. The predicted octanol–water partition coefficient (Wildman–Crippen LogP) is 7.15. The Hall–Kier alpha value is -3.47. The zero-order valence-corrected chi connectivity index (χ0v) is 24.6. The summed E-state index contributed by atoms with van der Waals surface area (Å²) in [5.41, 5.74) is 8.49. The largest absolute Gasteiger partial charge is 0.370 e. The van der Waals surface area contributed by atoms with Crippen LogP contribution in [0.15, 0.2) is 78.9 Å². The van der Waals surface area contributed by atoms with Crippen molar-refractivity contribution < 1.29 is 14.0 Å². The first-order valence-corrected chi connectivity index (χ1v) is 14.6. The molecule has 1 saturated heterocycles. The molecular formula is C36H43N2O2+. The van der Waals surface area contributed by atoms with Crippen molar-refractivity contribution in [3.63, 3.8) is 0 Å². The molecule has 208 valence electrons. The number of nitrogens with zero attached hydrogens (tertiary/aromatic N) is 2. The summed E-state index contributed by atoms with van der Waals surface area (Å²) >= 11 is 0. The van der Waals surface area contributed by atoms with Gasteiger partial charge in [-0.15, -0.1) is 0 Å². The molecule has 4 aromatic rings. The molecule has 4 aromatic carbocycles. The highest BCUT2D eigenvalue weighted by Gasteiger charge is 2.31. The van der Waals surface area contributed by atoms with E-state index in [2.05, 4.69) is 87.2 Å². The molecule has 0 aliphatic carbocycles. The molecule has 0 atom stereocenters. The van der Waals surface area contributed by atoms with Gasteiger partial charge in [0.1, 0.15) is 19.6 Å². The second kappa shape index (κ2) is 12.4. The van der Waals surface area contributed by atoms with Gasteiger partial charge in [-0.25, -0.2) is 0 Å². The molecule has 4 nitrogen and oxygen atoms in total. The maximum absolute atomic E-state index is 14.2. The smallest absolute Gasteiger partial charge is 0.254 e. The zero-order valence-electron chi connectivity index (χ0n) is 24.6. The maximum atomic E-state index is 14.2. The summed E-state index contributed by atoms with van der Waals surface area (Å²) in [6.07, 6.45) is 0.950. The van der Waals surface area contributed by atoms with E-state index in [9.17, 15) is 4.79 Å². The topological polar surface area (TPSA) is 29.5 Å². The molecule has 0 unspecified atom stereocenters. The van der Waals surface area contributed by atoms with Crippen LogP contribution in [0.25, 0.3) is 10.8 Å². The molecule has 40 heavy (non-hydrogen) atoms. The van der Waals surface area contributed by atoms with E-state index in [0.717, 1.165) is 73.2 Å². The first-order valence-electron chi connectivity index (χ1n) is 14.6. The Morgan fingerprint density at radius 2 is 1.38 bits per heavy atom. The van der Waals surface area contributed by atoms with Crippen LogP contribution in [-0.2, 0) is 17.8 Å². The lowest BCUT2D eigenvalue weighted by atomic mass is 10.0. The first-order chi connectivity index (χ1) is 19.3. The second-order valence-electron chi connectivity index (χ2n) is 11.9. The van der Waals surface area contributed by atoms with E-state index in [1.807, 2.05) is 24.3 Å². The van der Waals surface area contributed by atoms with Crippen LogP contribution < -0.4 is 0 Å². The van der Waals surface area contributed by atoms with Crippen molar-refractivity contribution >= 4 is 16.7 Å². The van der Waals surface area contributed by atoms with Crippen molar-refractivity contribution in [2.24, 2.45) is 0 Å². The minimum atomic E-state index is 0.110. The quantitative estimate of drug-likeness (QED) is 0.213. The monoisotopic (exact) mass is 535 g/mol. The van der Waals surface area contributed by atoms with Crippen molar-refractivity contribution in [1.82, 2.24) is 4.90 Å². The molecule has 4 heteroatoms. The number of morpholine rings is 1. The number of hydrogen-bond donors (Lipinski definition) is 0. The van der Waals surface area contributed by atoms with Gasteiger partial charge in [0.15, 0.2) is 0 Å². The molecular weight excluding hydrogens is 492 g/mol. The Morgan fingerprint density at radius 1 is 0.775 bits per heavy atom. The number of quaternary nitrogens is 1. The van der Waals surface area contributed by atoms with Crippen LogP contribution >= 0.6 is 0 Å². The maximum Gasteiger partial charge on any atom is 0.254 e. The highest BCUT2D eigenvalue weighted by molar-refractivity contribution is 6.07. The molecule has 0 spiro atoms. The fourth-order valence-corrected chi connectivity index (χ4v) is 6.55. The van der Waals surface area contributed by atoms with Crippen LogP contribution in [0.1, 0.15) is 50.2 Å². The van der Waals surface area contributed by atoms with E-state index in [0.29, 0.717) is 6.54 Å². The van der Waals surface area contributed by atoms with E-state index in [1.165, 1.54) is 33.4 Å². The third-order valence-electron chi connectivity index (χ3n) is 8.24. The average molecular weight is 536 g/mol. The SMILES string of the molecule is Cc1cc(C)cc(CN(CCC[N+]2(Cc3cc(C)cc(C)c3)CCOCC2)C(=O)c2cccc3ccccc23)c1. The Labute approximate surface area is 239 Å². The van der Waals surface area contributed by atoms with Crippen molar-refractivity contribution in [3.05, 3.63) is 118 Å². The number of carbonyl (C=O) groups is 1. The van der Waals surface area contributed by atoms with Gasteiger partial charge in [0.05, 0.1) is 19.8 Å². The van der Waals surface area contributed by atoms with E-state index in [4.69, 9.17) is 4.74 Å². The van der Waals surface area contributed by atoms with Crippen LogP contribution in [-0.4, -0.2) is 54.7 Å². The summed E-state index contributed by atoms with van der Waals surface area (Å²) in [4.78, 5) is 16.2. The molecule has 5 rings (SSSR count). The predicted molar refractivity (Wildman–Crippen MR) is 165 cm³/mol. The second-order valence-corrected chi connectivity index (χ2v) is 11.9. The summed E-state index contributed by atoms with van der Waals surface area (Å²) in [6.45, 7) is 15.6. The van der Waals surface area contributed by atoms with E-state index in [-0.39, 0.29) is 5.91 Å². The number of benzene rings is 4. The summed E-state index contributed by atoms with van der Waals surface area (Å²) in [7, 11) is 0. The normalized spacial score (nSPS) is 14.8. The Kier molecular flexibility index (Phi) is 8.68. The number of aryl methyl sites for hydroxylation is 4. The van der Waals surface area contributed by atoms with Crippen LogP contribution in [0.4, 0.5) is 0 Å². The molecule has 1 heterocycles. The number of rotatable bonds is 9. The molecule has 0 saturated carbocycles. The highest BCUT2D eigenvalue weighted by atomic mass is 16.5. The highest BCUT2D eigenvalue weighted by Crippen LogP contribution is 2.24. The van der Waals surface area contributed by atoms with E-state index >= 15 is 0 Å². The van der Waals surface area contributed by atoms with Crippen molar-refractivity contribution in [2.75, 3.05) is 39.4 Å². The third-order valence-corrected chi connectivity index (χ3v) is 8.24. The fourth-order valence-electron chi connectivity index (χ4n) is 6.55. The number of hydrogen-bond acceptors (Lipinski definition) is 2. The van der Waals surface area contributed by atoms with Gasteiger partial charge in [0, 0.05) is 30.6 Å². The van der Waals surface area contributed by atoms with Crippen LogP contribution in [0, 0.1) is 27.7 Å². The molecule has 1 aliphatic rings. The molecule has 0 bridgehead atoms. The van der Waals surface area contributed by atoms with Crippen molar-refractivity contribution in [1.29, 1.82) is 0 Å². The summed E-state index contributed by atoms with van der Waals surface area (Å²) in [6, 6.07) is 27.8. The third kappa shape index (κ3) is 6.80. The van der Waals surface area contributed by atoms with Gasteiger partial charge in [-0.3, -0.25) is 4.79 Å². The average Bonchev–Trinajstić information content (AvgIpc) is 2.91. The summed E-state index contributed by atoms with van der Waals surface area (Å²) < 4.78 is 6.81. The first kappa shape index (κ1) is 28.1. The van der Waals surface area contributed by atoms with Crippen LogP contribution in [0.5, 0.6) is 0 Å². The lowest BCUT2D eigenvalue weighted by molar-refractivity contribution is -0.947. The minimum absolute atomic E-state index is 0.110.